The Labute approximate surface area is 218 Å². The number of benzene rings is 1. The molecule has 0 unspecified atom stereocenters. The molecular weight excluding hydrogens is 472 g/mol. The number of carbonyl (C=O) groups excluding carboxylic acids is 1. The minimum atomic E-state index is -1.01. The van der Waals surface area contributed by atoms with Crippen molar-refractivity contribution in [1.29, 1.82) is 0 Å². The number of nitrogens with one attached hydrogen (secondary N) is 1. The fraction of sp³-hybridized carbons (Fsp3) is 0.621. The third-order valence-electron chi connectivity index (χ3n) is 8.29. The first-order chi connectivity index (χ1) is 18.1. The van der Waals surface area contributed by atoms with Gasteiger partial charge in [-0.2, -0.15) is 0 Å². The van der Waals surface area contributed by atoms with Gasteiger partial charge in [-0.1, -0.05) is 63.1 Å². The van der Waals surface area contributed by atoms with Crippen LogP contribution in [0.1, 0.15) is 92.1 Å². The maximum absolute atomic E-state index is 12.7. The number of oxazole rings is 1. The molecule has 4 atom stereocenters. The molecule has 2 aromatic rings. The molecule has 8 heteroatoms. The first kappa shape index (κ1) is 25.8. The van der Waals surface area contributed by atoms with Crippen molar-refractivity contribution in [2.24, 2.45) is 11.8 Å². The predicted octanol–water partition coefficient (Wildman–Crippen LogP) is 5.12. The molecule has 1 aromatic carbocycles. The molecule has 3 fully saturated rings. The fourth-order valence-corrected chi connectivity index (χ4v) is 6.45. The second kappa shape index (κ2) is 12.1. The Hall–Kier alpha value is -2.87. The van der Waals surface area contributed by atoms with Crippen molar-refractivity contribution in [3.8, 4) is 5.75 Å². The standard InChI is InChI=1S/C29H38N2O6/c32-26(33)18-35-23-12-5-4-11-20(23)16-21-24-13-14-25(37-24)27(21)29-31-22(17-36-29)28(34)30-15-7-6-10-19-8-2-1-3-9-19/h4-5,11-12,17,19,21,24-25,27H,1-3,6-10,13-16,18H2,(H,30,34)(H,32,33)/t21-,24+,25-,27+/m1/s1. The van der Waals surface area contributed by atoms with Crippen molar-refractivity contribution in [1.82, 2.24) is 10.3 Å². The summed E-state index contributed by atoms with van der Waals surface area (Å²) in [5.41, 5.74) is 1.25. The van der Waals surface area contributed by atoms with Crippen LogP contribution in [0.2, 0.25) is 0 Å². The minimum Gasteiger partial charge on any atom is -0.482 e. The van der Waals surface area contributed by atoms with E-state index in [4.69, 9.17) is 19.0 Å². The molecule has 0 radical (unpaired) electrons. The third-order valence-corrected chi connectivity index (χ3v) is 8.29. The van der Waals surface area contributed by atoms with Crippen LogP contribution in [0.5, 0.6) is 5.75 Å². The SMILES string of the molecule is O=C(O)COc1ccccc1C[C@H]1[C@H](c2nc(C(=O)NCCCCC3CCCCC3)co2)[C@H]2CC[C@@H]1O2. The Balaban J connectivity index is 1.17. The van der Waals surface area contributed by atoms with Crippen LogP contribution in [0.4, 0.5) is 0 Å². The number of amides is 1. The van der Waals surface area contributed by atoms with Crippen LogP contribution < -0.4 is 10.1 Å². The monoisotopic (exact) mass is 510 g/mol. The number of ether oxygens (including phenoxy) is 2. The van der Waals surface area contributed by atoms with Crippen molar-refractivity contribution in [2.75, 3.05) is 13.2 Å². The van der Waals surface area contributed by atoms with E-state index in [0.29, 0.717) is 30.3 Å². The topological polar surface area (TPSA) is 111 Å². The van der Waals surface area contributed by atoms with E-state index >= 15 is 0 Å². The van der Waals surface area contributed by atoms with E-state index in [9.17, 15) is 9.59 Å². The highest BCUT2D eigenvalue weighted by molar-refractivity contribution is 5.91. The van der Waals surface area contributed by atoms with Gasteiger partial charge < -0.3 is 24.3 Å². The number of para-hydroxylation sites is 1. The summed E-state index contributed by atoms with van der Waals surface area (Å²) in [5.74, 6) is 0.846. The smallest absolute Gasteiger partial charge is 0.341 e. The molecule has 2 saturated heterocycles. The lowest BCUT2D eigenvalue weighted by atomic mass is 9.76. The lowest BCUT2D eigenvalue weighted by molar-refractivity contribution is -0.139. The molecule has 3 aliphatic rings. The van der Waals surface area contributed by atoms with Gasteiger partial charge >= 0.3 is 5.97 Å². The Kier molecular flexibility index (Phi) is 8.44. The van der Waals surface area contributed by atoms with E-state index in [1.165, 1.54) is 44.8 Å². The number of aliphatic carboxylic acids is 1. The Morgan fingerprint density at radius 3 is 2.70 bits per heavy atom. The number of carboxylic acids is 1. The van der Waals surface area contributed by atoms with Gasteiger partial charge in [0.1, 0.15) is 12.0 Å². The summed E-state index contributed by atoms with van der Waals surface area (Å²) in [7, 11) is 0. The number of carbonyl (C=O) groups is 2. The first-order valence-electron chi connectivity index (χ1n) is 13.9. The number of rotatable bonds is 12. The van der Waals surface area contributed by atoms with E-state index in [0.717, 1.165) is 37.2 Å². The quantitative estimate of drug-likeness (QED) is 0.381. The Bertz CT molecular complexity index is 1060. The van der Waals surface area contributed by atoms with Crippen molar-refractivity contribution in [2.45, 2.75) is 88.8 Å². The molecule has 0 spiro atoms. The molecular formula is C29H38N2O6. The summed E-state index contributed by atoms with van der Waals surface area (Å²) in [4.78, 5) is 28.3. The van der Waals surface area contributed by atoms with Gasteiger partial charge in [0.25, 0.3) is 5.91 Å². The van der Waals surface area contributed by atoms with E-state index in [2.05, 4.69) is 10.3 Å². The van der Waals surface area contributed by atoms with Crippen LogP contribution >= 0.6 is 0 Å². The number of hydrogen-bond acceptors (Lipinski definition) is 6. The second-order valence-corrected chi connectivity index (χ2v) is 10.8. The second-order valence-electron chi connectivity index (χ2n) is 10.8. The molecule has 2 N–H and O–H groups in total. The molecule has 1 aliphatic carbocycles. The van der Waals surface area contributed by atoms with Crippen LogP contribution in [0, 0.1) is 11.8 Å². The van der Waals surface area contributed by atoms with Crippen LogP contribution in [0.15, 0.2) is 34.9 Å². The van der Waals surface area contributed by atoms with Crippen LogP contribution in [-0.4, -0.2) is 47.3 Å². The number of fused-ring (bicyclic) bond motifs is 2. The van der Waals surface area contributed by atoms with Gasteiger partial charge in [-0.3, -0.25) is 4.79 Å². The zero-order valence-corrected chi connectivity index (χ0v) is 21.4. The zero-order valence-electron chi connectivity index (χ0n) is 21.4. The van der Waals surface area contributed by atoms with E-state index in [1.54, 1.807) is 6.07 Å². The highest BCUT2D eigenvalue weighted by Gasteiger charge is 2.51. The number of aromatic nitrogens is 1. The Morgan fingerprint density at radius 2 is 1.86 bits per heavy atom. The average Bonchev–Trinajstić information content (AvgIpc) is 3.65. The van der Waals surface area contributed by atoms with Crippen molar-refractivity contribution in [3.63, 3.8) is 0 Å². The summed E-state index contributed by atoms with van der Waals surface area (Å²) < 4.78 is 17.6. The summed E-state index contributed by atoms with van der Waals surface area (Å²) in [6, 6.07) is 7.52. The maximum Gasteiger partial charge on any atom is 0.341 e. The lowest BCUT2D eigenvalue weighted by Crippen LogP contribution is -2.28. The average molecular weight is 511 g/mol. The van der Waals surface area contributed by atoms with Gasteiger partial charge in [0.05, 0.1) is 18.1 Å². The molecule has 1 aromatic heterocycles. The van der Waals surface area contributed by atoms with Crippen LogP contribution in [0.3, 0.4) is 0 Å². The van der Waals surface area contributed by atoms with E-state index < -0.39 is 5.97 Å². The number of carboxylic acid groups (broad SMARTS) is 1. The molecule has 200 valence electrons. The predicted molar refractivity (Wildman–Crippen MR) is 137 cm³/mol. The van der Waals surface area contributed by atoms with Crippen molar-refractivity contribution < 1.29 is 28.6 Å². The van der Waals surface area contributed by atoms with E-state index in [-0.39, 0.29) is 36.6 Å². The summed E-state index contributed by atoms with van der Waals surface area (Å²) >= 11 is 0. The van der Waals surface area contributed by atoms with Gasteiger partial charge in [0.15, 0.2) is 12.3 Å². The fourth-order valence-electron chi connectivity index (χ4n) is 6.45. The lowest BCUT2D eigenvalue weighted by Gasteiger charge is -2.26. The van der Waals surface area contributed by atoms with Gasteiger partial charge in [0.2, 0.25) is 5.89 Å². The number of nitrogens with zero attached hydrogens (tertiary/aromatic N) is 1. The highest BCUT2D eigenvalue weighted by Crippen LogP contribution is 2.50. The van der Waals surface area contributed by atoms with Gasteiger partial charge in [-0.05, 0) is 43.2 Å². The van der Waals surface area contributed by atoms with Gasteiger partial charge in [-0.25, -0.2) is 9.78 Å². The Morgan fingerprint density at radius 1 is 1.05 bits per heavy atom. The summed E-state index contributed by atoms with van der Waals surface area (Å²) in [5, 5.41) is 12.0. The molecule has 5 rings (SSSR count). The van der Waals surface area contributed by atoms with Crippen LogP contribution in [0.25, 0.3) is 0 Å². The third kappa shape index (κ3) is 6.35. The molecule has 8 nitrogen and oxygen atoms in total. The molecule has 2 aliphatic heterocycles. The molecule has 3 heterocycles. The van der Waals surface area contributed by atoms with Gasteiger partial charge in [0, 0.05) is 12.5 Å². The minimum absolute atomic E-state index is 0.0106. The normalized spacial score (nSPS) is 25.3. The van der Waals surface area contributed by atoms with Crippen molar-refractivity contribution >= 4 is 11.9 Å². The molecule has 1 saturated carbocycles. The first-order valence-corrected chi connectivity index (χ1v) is 13.9. The summed E-state index contributed by atoms with van der Waals surface area (Å²) in [6.07, 6.45) is 14.4. The van der Waals surface area contributed by atoms with Gasteiger partial charge in [-0.15, -0.1) is 0 Å². The molecule has 2 bridgehead atoms. The number of hydrogen-bond donors (Lipinski definition) is 2. The molecule has 37 heavy (non-hydrogen) atoms. The van der Waals surface area contributed by atoms with Crippen molar-refractivity contribution in [3.05, 3.63) is 47.7 Å². The zero-order chi connectivity index (χ0) is 25.6. The summed E-state index contributed by atoms with van der Waals surface area (Å²) in [6.45, 7) is 0.271. The highest BCUT2D eigenvalue weighted by atomic mass is 16.5. The largest absolute Gasteiger partial charge is 0.482 e. The maximum atomic E-state index is 12.7. The van der Waals surface area contributed by atoms with Crippen LogP contribution in [-0.2, 0) is 16.0 Å². The van der Waals surface area contributed by atoms with E-state index in [1.807, 2.05) is 18.2 Å². The number of unbranched alkanes of at least 4 members (excludes halogenated alkanes) is 1. The molecule has 1 amide bonds.